The van der Waals surface area contributed by atoms with Crippen molar-refractivity contribution in [2.75, 3.05) is 70.5 Å². The highest BCUT2D eigenvalue weighted by Crippen LogP contribution is 2.39. The summed E-state index contributed by atoms with van der Waals surface area (Å²) in [6, 6.07) is 9.21. The van der Waals surface area contributed by atoms with Gasteiger partial charge >= 0.3 is 24.3 Å². The van der Waals surface area contributed by atoms with Gasteiger partial charge in [0.1, 0.15) is 5.54 Å². The molecule has 6 rings (SSSR count). The number of hydrogen-bond acceptors (Lipinski definition) is 8. The van der Waals surface area contributed by atoms with Crippen molar-refractivity contribution in [1.82, 2.24) is 24.5 Å². The van der Waals surface area contributed by atoms with Crippen molar-refractivity contribution in [2.24, 2.45) is 0 Å². The largest absolute Gasteiger partial charge is 0.480 e. The number of alkyl halides is 3. The molecular weight excluding hydrogens is 743 g/mol. The number of ether oxygens (including phenoxy) is 1. The molecule has 3 saturated heterocycles. The van der Waals surface area contributed by atoms with Crippen LogP contribution in [0.1, 0.15) is 55.7 Å². The van der Waals surface area contributed by atoms with E-state index >= 15 is 0 Å². The molecule has 13 nitrogen and oxygen atoms in total. The fourth-order valence-electron chi connectivity index (χ4n) is 8.53. The number of hydrogen-bond donors (Lipinski definition) is 3. The highest BCUT2D eigenvalue weighted by molar-refractivity contribution is 6.33. The second-order valence-electron chi connectivity index (χ2n) is 15.0. The molecule has 2 aromatic carbocycles. The number of nitrogens with one attached hydrogen (secondary N) is 1. The summed E-state index contributed by atoms with van der Waals surface area (Å²) in [6.45, 7) is 4.49. The first-order valence-electron chi connectivity index (χ1n) is 18.8. The number of carboxylic acid groups (broad SMARTS) is 1. The first-order chi connectivity index (χ1) is 26.1. The van der Waals surface area contributed by atoms with Crippen LogP contribution < -0.4 is 11.1 Å². The summed E-state index contributed by atoms with van der Waals surface area (Å²) in [4.78, 5) is 63.1. The number of anilines is 2. The molecule has 2 atom stereocenters. The molecule has 4 amide bonds. The molecule has 300 valence electrons. The number of carbonyl (C=O) groups is 4. The minimum Gasteiger partial charge on any atom is -0.480 e. The van der Waals surface area contributed by atoms with Crippen molar-refractivity contribution in [3.8, 4) is 0 Å². The Balaban J connectivity index is 1.20. The number of carbonyl (C=O) groups excluding carboxylic acids is 3. The lowest BCUT2D eigenvalue weighted by Crippen LogP contribution is -2.70. The molecule has 3 fully saturated rings. The molecule has 17 heteroatoms. The van der Waals surface area contributed by atoms with Gasteiger partial charge in [0.15, 0.2) is 6.10 Å². The number of piperazine rings is 1. The van der Waals surface area contributed by atoms with Crippen LogP contribution >= 0.6 is 11.6 Å². The average molecular weight is 792 g/mol. The van der Waals surface area contributed by atoms with E-state index < -0.39 is 53.5 Å². The normalized spacial score (nSPS) is 22.8. The van der Waals surface area contributed by atoms with Crippen LogP contribution in [0.4, 0.5) is 34.1 Å². The maximum atomic E-state index is 14.4. The molecule has 0 bridgehead atoms. The first kappa shape index (κ1) is 40.4. The Morgan fingerprint density at radius 1 is 1.00 bits per heavy atom. The number of rotatable bonds is 8. The molecule has 2 unspecified atom stereocenters. The Labute approximate surface area is 323 Å². The van der Waals surface area contributed by atoms with E-state index in [4.69, 9.17) is 22.1 Å². The Morgan fingerprint density at radius 3 is 2.33 bits per heavy atom. The topological polar surface area (TPSA) is 152 Å². The number of nitrogen functional groups attached to an aromatic ring is 1. The smallest absolute Gasteiger partial charge is 0.418 e. The average Bonchev–Trinajstić information content (AvgIpc) is 3.33. The van der Waals surface area contributed by atoms with Crippen LogP contribution in [-0.4, -0.2) is 137 Å². The zero-order valence-electron chi connectivity index (χ0n) is 31.1. The minimum atomic E-state index is -4.84. The Kier molecular flexibility index (Phi) is 12.1. The zero-order valence-corrected chi connectivity index (χ0v) is 31.9. The van der Waals surface area contributed by atoms with Crippen LogP contribution in [0.15, 0.2) is 36.4 Å². The molecule has 55 heavy (non-hydrogen) atoms. The predicted octanol–water partition coefficient (Wildman–Crippen LogP) is 5.02. The number of benzene rings is 2. The van der Waals surface area contributed by atoms with Crippen LogP contribution in [0.5, 0.6) is 0 Å². The number of amides is 4. The fourth-order valence-corrected chi connectivity index (χ4v) is 8.77. The van der Waals surface area contributed by atoms with Crippen LogP contribution in [0, 0.1) is 0 Å². The number of piperidine rings is 2. The molecule has 2 aromatic rings. The van der Waals surface area contributed by atoms with Gasteiger partial charge in [0, 0.05) is 63.5 Å². The van der Waals surface area contributed by atoms with Gasteiger partial charge in [0.2, 0.25) is 0 Å². The highest BCUT2D eigenvalue weighted by Gasteiger charge is 2.51. The molecular formula is C38H49ClF3N7O6. The summed E-state index contributed by atoms with van der Waals surface area (Å²) in [7, 11) is 2.01. The number of nitrogens with two attached hydrogens (primary N) is 1. The Hall–Kier alpha value is -4.28. The summed E-state index contributed by atoms with van der Waals surface area (Å²) < 4.78 is 47.7. The van der Waals surface area contributed by atoms with Crippen molar-refractivity contribution >= 4 is 47.0 Å². The van der Waals surface area contributed by atoms with Crippen LogP contribution in [0.3, 0.4) is 0 Å². The third-order valence-corrected chi connectivity index (χ3v) is 12.1. The number of para-hydroxylation sites is 1. The maximum Gasteiger partial charge on any atom is 0.418 e. The van der Waals surface area contributed by atoms with Crippen LogP contribution in [-0.2, 0) is 33.3 Å². The van der Waals surface area contributed by atoms with E-state index in [1.165, 1.54) is 15.9 Å². The van der Waals surface area contributed by atoms with E-state index in [1.807, 2.05) is 36.2 Å². The minimum absolute atomic E-state index is 0.00512. The standard InChI is InChI=1S/C38H49ClF3N7O6/c1-3-37(34(51)52)23-47(18-19-49(37)27-9-13-45(2)14-10-27)33(50)31(22-24-20-28(38(40,41)42)32(43)29(39)21-24)55-36(54)46-15-11-26(12-16-46)48-17-8-25-6-4-5-7-30(25)44-35(48)53/h4-7,20-21,26-27,31H,3,8-19,22-23,43H2,1-2H3,(H,44,53)(H,51,52). The number of fused-ring (bicyclic) bond motifs is 1. The number of carboxylic acids is 1. The van der Waals surface area contributed by atoms with Crippen molar-refractivity contribution in [1.29, 1.82) is 0 Å². The number of likely N-dealkylation sites (tertiary alicyclic amines) is 2. The van der Waals surface area contributed by atoms with Crippen molar-refractivity contribution in [2.45, 2.75) is 81.8 Å². The third kappa shape index (κ3) is 8.60. The fraction of sp³-hybridized carbons (Fsp3) is 0.579. The van der Waals surface area contributed by atoms with E-state index in [0.29, 0.717) is 25.8 Å². The van der Waals surface area contributed by atoms with Gasteiger partial charge in [-0.1, -0.05) is 36.7 Å². The first-order valence-corrected chi connectivity index (χ1v) is 19.2. The van der Waals surface area contributed by atoms with E-state index in [1.54, 1.807) is 11.8 Å². The number of urea groups is 1. The lowest BCUT2D eigenvalue weighted by Gasteiger charge is -2.52. The van der Waals surface area contributed by atoms with Gasteiger partial charge in [-0.3, -0.25) is 14.5 Å². The third-order valence-electron chi connectivity index (χ3n) is 11.8. The molecule has 0 radical (unpaired) electrons. The summed E-state index contributed by atoms with van der Waals surface area (Å²) in [5.74, 6) is -1.79. The summed E-state index contributed by atoms with van der Waals surface area (Å²) in [6.07, 6.45) is -4.46. The van der Waals surface area contributed by atoms with Gasteiger partial charge in [0.25, 0.3) is 5.91 Å². The molecule has 4 heterocycles. The second kappa shape index (κ2) is 16.4. The maximum absolute atomic E-state index is 14.4. The monoisotopic (exact) mass is 791 g/mol. The van der Waals surface area contributed by atoms with E-state index in [9.17, 15) is 37.5 Å². The van der Waals surface area contributed by atoms with Crippen molar-refractivity contribution in [3.63, 3.8) is 0 Å². The highest BCUT2D eigenvalue weighted by atomic mass is 35.5. The lowest BCUT2D eigenvalue weighted by atomic mass is 9.86. The molecule has 4 aliphatic rings. The zero-order chi connectivity index (χ0) is 39.7. The van der Waals surface area contributed by atoms with Gasteiger partial charge in [-0.25, -0.2) is 9.59 Å². The summed E-state index contributed by atoms with van der Waals surface area (Å²) in [5.41, 5.74) is 4.17. The second-order valence-corrected chi connectivity index (χ2v) is 15.4. The number of aliphatic carboxylic acids is 1. The molecule has 0 saturated carbocycles. The molecule has 0 spiro atoms. The number of halogens is 4. The predicted molar refractivity (Wildman–Crippen MR) is 200 cm³/mol. The molecule has 0 aliphatic carbocycles. The Bertz CT molecular complexity index is 1770. The van der Waals surface area contributed by atoms with Gasteiger partial charge in [-0.05, 0) is 88.0 Å². The van der Waals surface area contributed by atoms with Gasteiger partial charge in [-0.2, -0.15) is 13.2 Å². The summed E-state index contributed by atoms with van der Waals surface area (Å²) >= 11 is 6.14. The molecule has 4 aliphatic heterocycles. The molecule has 0 aromatic heterocycles. The quantitative estimate of drug-likeness (QED) is 0.314. The van der Waals surface area contributed by atoms with E-state index in [2.05, 4.69) is 10.2 Å². The Morgan fingerprint density at radius 2 is 1.67 bits per heavy atom. The molecule has 4 N–H and O–H groups in total. The number of nitrogens with zero attached hydrogens (tertiary/aromatic N) is 5. The van der Waals surface area contributed by atoms with Crippen LogP contribution in [0.25, 0.3) is 0 Å². The van der Waals surface area contributed by atoms with Gasteiger partial charge in [0.05, 0.1) is 16.3 Å². The van der Waals surface area contributed by atoms with Gasteiger partial charge < -0.3 is 40.5 Å². The van der Waals surface area contributed by atoms with Crippen molar-refractivity contribution < 1.29 is 42.2 Å². The van der Waals surface area contributed by atoms with E-state index in [0.717, 1.165) is 43.2 Å². The SMILES string of the molecule is CCC1(C(=O)O)CN(C(=O)C(Cc2cc(Cl)c(N)c(C(F)(F)F)c2)OC(=O)N2CCC(N3CCc4ccccc4NC3=O)CC2)CCN1C1CCN(C)CC1. The van der Waals surface area contributed by atoms with Crippen molar-refractivity contribution in [3.05, 3.63) is 58.1 Å². The van der Waals surface area contributed by atoms with Crippen LogP contribution in [0.2, 0.25) is 5.02 Å². The van der Waals surface area contributed by atoms with Gasteiger partial charge in [-0.15, -0.1) is 0 Å². The lowest BCUT2D eigenvalue weighted by molar-refractivity contribution is -0.166. The van der Waals surface area contributed by atoms with E-state index in [-0.39, 0.29) is 67.8 Å². The summed E-state index contributed by atoms with van der Waals surface area (Å²) in [5, 5.41) is 13.2.